The van der Waals surface area contributed by atoms with E-state index in [2.05, 4.69) is 0 Å². The first-order valence-corrected chi connectivity index (χ1v) is 14.8. The molecule has 4 saturated heterocycles. The van der Waals surface area contributed by atoms with Gasteiger partial charge in [-0.2, -0.15) is 0 Å². The van der Waals surface area contributed by atoms with Crippen LogP contribution >= 0.6 is 0 Å². The second-order valence-corrected chi connectivity index (χ2v) is 11.6. The summed E-state index contributed by atoms with van der Waals surface area (Å²) in [5, 5.41) is 132. The zero-order valence-electron chi connectivity index (χ0n) is 26.1. The molecule has 0 aliphatic carbocycles. The highest BCUT2D eigenvalue weighted by Crippen LogP contribution is 2.34. The second kappa shape index (κ2) is 16.5. The molecule has 12 unspecified atom stereocenters. The van der Waals surface area contributed by atoms with Crippen LogP contribution in [0.25, 0.3) is 0 Å². The van der Waals surface area contributed by atoms with Crippen LogP contribution in [0.5, 0.6) is 0 Å². The first-order valence-electron chi connectivity index (χ1n) is 14.8. The lowest BCUT2D eigenvalue weighted by Gasteiger charge is -2.49. The molecule has 4 aliphatic rings. The molecule has 20 atom stereocenters. The summed E-state index contributed by atoms with van der Waals surface area (Å²) in [6, 6.07) is 0. The molecule has 0 aromatic carbocycles. The molecule has 0 bridgehead atoms. The minimum Gasteiger partial charge on any atom is -0.547 e. The zero-order valence-corrected chi connectivity index (χ0v) is 26.1. The molecule has 4 heterocycles. The van der Waals surface area contributed by atoms with E-state index in [0.717, 1.165) is 14.2 Å². The van der Waals surface area contributed by atoms with Gasteiger partial charge in [0.15, 0.2) is 25.2 Å². The van der Waals surface area contributed by atoms with E-state index in [1.54, 1.807) is 0 Å². The number of hydrogen-bond donors (Lipinski definition) is 8. The van der Waals surface area contributed by atoms with E-state index in [0.29, 0.717) is 0 Å². The third-order valence-electron chi connectivity index (χ3n) is 8.49. The fourth-order valence-electron chi connectivity index (χ4n) is 5.82. The number of carboxylic acids is 4. The lowest BCUT2D eigenvalue weighted by molar-refractivity contribution is -0.402. The van der Waals surface area contributed by atoms with E-state index in [1.165, 1.54) is 0 Å². The van der Waals surface area contributed by atoms with E-state index in [9.17, 15) is 80.5 Å². The summed E-state index contributed by atoms with van der Waals surface area (Å²) >= 11 is 0. The number of carboxylic acid groups (broad SMARTS) is 4. The Morgan fingerprint density at radius 2 is 0.627 bits per heavy atom. The van der Waals surface area contributed by atoms with Gasteiger partial charge in [-0.25, -0.2) is 0 Å². The van der Waals surface area contributed by atoms with Crippen LogP contribution in [0.2, 0.25) is 0 Å². The third kappa shape index (κ3) is 8.09. The number of hydrogen-bond acceptors (Lipinski definition) is 25. The second-order valence-electron chi connectivity index (χ2n) is 11.6. The van der Waals surface area contributed by atoms with Crippen molar-refractivity contribution in [1.29, 1.82) is 0 Å². The molecule has 0 spiro atoms. The van der Waals surface area contributed by atoms with Crippen molar-refractivity contribution < 1.29 is 123 Å². The molecule has 0 aromatic rings. The van der Waals surface area contributed by atoms with Crippen LogP contribution in [0.4, 0.5) is 0 Å². The predicted octanol–water partition coefficient (Wildman–Crippen LogP) is -13.4. The number of ether oxygens (including phenoxy) is 9. The maximum absolute atomic E-state index is 12.0. The normalized spacial score (nSPS) is 47.7. The van der Waals surface area contributed by atoms with Crippen LogP contribution in [-0.4, -0.2) is 202 Å². The number of aliphatic carboxylic acids is 4. The smallest absolute Gasteiger partial charge is 0.187 e. The summed E-state index contributed by atoms with van der Waals surface area (Å²) in [6.45, 7) is 0. The average Bonchev–Trinajstić information content (AvgIpc) is 3.07. The highest BCUT2D eigenvalue weighted by Gasteiger charge is 2.56. The molecular formula is C26H34O25-4. The molecule has 0 amide bonds. The Labute approximate surface area is 284 Å². The van der Waals surface area contributed by atoms with Crippen molar-refractivity contribution >= 4 is 23.9 Å². The van der Waals surface area contributed by atoms with E-state index in [4.69, 9.17) is 42.6 Å². The molecule has 8 N–H and O–H groups in total. The number of rotatable bonds is 12. The van der Waals surface area contributed by atoms with Crippen molar-refractivity contribution in [2.45, 2.75) is 123 Å². The van der Waals surface area contributed by atoms with Gasteiger partial charge in [0, 0.05) is 14.2 Å². The molecule has 0 aromatic heterocycles. The third-order valence-corrected chi connectivity index (χ3v) is 8.49. The number of carbonyl (C=O) groups is 4. The molecule has 51 heavy (non-hydrogen) atoms. The molecule has 4 fully saturated rings. The standard InChI is InChI=1S/C26H38O25/c1-43-11-3(27)8(32)24(49-15(11)19(35)36)46-13-5(29)10(34)26(51-17(13)21(39)40)47-14-6(30)9(33)25(50-18(14)22(41)42)45-12-4(28)7(31)23(44-2)48-16(12)20(37)38/h3-18,23-34H,1-2H3,(H,35,36)(H,37,38)(H,39,40)(H,41,42)/p-4/t3?,4?,5?,6?,7?,8?,9?,10?,11-,12-,13-,14-,15?,16?,17?,18?,23+,24+,25+,26+/m0/s1. The maximum atomic E-state index is 12.0. The Morgan fingerprint density at radius 1 is 0.392 bits per heavy atom. The predicted molar refractivity (Wildman–Crippen MR) is 135 cm³/mol. The summed E-state index contributed by atoms with van der Waals surface area (Å²) in [5.41, 5.74) is 0. The lowest BCUT2D eigenvalue weighted by atomic mass is 9.95. The molecule has 0 radical (unpaired) electrons. The Hall–Kier alpha value is -2.80. The van der Waals surface area contributed by atoms with Crippen LogP contribution < -0.4 is 20.4 Å². The van der Waals surface area contributed by atoms with Crippen molar-refractivity contribution in [2.24, 2.45) is 0 Å². The van der Waals surface area contributed by atoms with Gasteiger partial charge >= 0.3 is 0 Å². The van der Waals surface area contributed by atoms with Gasteiger partial charge in [-0.15, -0.1) is 0 Å². The largest absolute Gasteiger partial charge is 0.547 e. The highest BCUT2D eigenvalue weighted by molar-refractivity contribution is 5.72. The summed E-state index contributed by atoms with van der Waals surface area (Å²) in [7, 11) is 1.95. The first kappa shape index (κ1) is 41.0. The van der Waals surface area contributed by atoms with Gasteiger partial charge in [-0.05, 0) is 0 Å². The van der Waals surface area contributed by atoms with Gasteiger partial charge in [0.1, 0.15) is 97.7 Å². The average molecular weight is 747 g/mol. The fraction of sp³-hybridized carbons (Fsp3) is 0.846. The molecule has 292 valence electrons. The molecule has 25 nitrogen and oxygen atoms in total. The van der Waals surface area contributed by atoms with Gasteiger partial charge in [-0.3, -0.25) is 0 Å². The minimum absolute atomic E-state index is 0.957. The highest BCUT2D eigenvalue weighted by atomic mass is 16.8. The van der Waals surface area contributed by atoms with Gasteiger partial charge in [-0.1, -0.05) is 0 Å². The molecule has 25 heteroatoms. The summed E-state index contributed by atoms with van der Waals surface area (Å²) in [6.07, 6.45) is -44.8. The van der Waals surface area contributed by atoms with Crippen LogP contribution in [0.1, 0.15) is 0 Å². The summed E-state index contributed by atoms with van der Waals surface area (Å²) < 4.78 is 45.3. The Morgan fingerprint density at radius 3 is 0.882 bits per heavy atom. The first-order chi connectivity index (χ1) is 23.9. The minimum atomic E-state index is -2.54. The molecule has 0 saturated carbocycles. The van der Waals surface area contributed by atoms with Crippen molar-refractivity contribution in [3.63, 3.8) is 0 Å². The van der Waals surface area contributed by atoms with Crippen molar-refractivity contribution in [1.82, 2.24) is 0 Å². The van der Waals surface area contributed by atoms with Crippen molar-refractivity contribution in [2.75, 3.05) is 14.2 Å². The topological polar surface area (TPSA) is 405 Å². The zero-order chi connectivity index (χ0) is 38.2. The van der Waals surface area contributed by atoms with E-state index in [-0.39, 0.29) is 0 Å². The molecule has 4 aliphatic heterocycles. The van der Waals surface area contributed by atoms with Gasteiger partial charge in [0.2, 0.25) is 0 Å². The van der Waals surface area contributed by atoms with E-state index >= 15 is 0 Å². The summed E-state index contributed by atoms with van der Waals surface area (Å²) in [5.74, 6) is -8.42. The van der Waals surface area contributed by atoms with Gasteiger partial charge in [0.05, 0.1) is 23.9 Å². The van der Waals surface area contributed by atoms with Crippen molar-refractivity contribution in [3.05, 3.63) is 0 Å². The lowest BCUT2D eigenvalue weighted by Crippen LogP contribution is -2.70. The molecular weight excluding hydrogens is 712 g/mol. The Balaban J connectivity index is 1.51. The molecule has 4 rings (SSSR count). The maximum Gasteiger partial charge on any atom is 0.187 e. The SMILES string of the molecule is CO[C@@H]1OC(C(=O)[O-])[C@@H](O[C@@H]2OC(C(=O)[O-])[C@@H](O[C@@H]3OC(C(=O)[O-])[C@@H](O[C@@H]4OC(C(=O)[O-])[C@@H](OC)C(O)C4O)C(O)C3O)C(O)C2O)C(O)C1O. The monoisotopic (exact) mass is 746 g/mol. The Kier molecular flexibility index (Phi) is 13.2. The number of methoxy groups -OCH3 is 2. The van der Waals surface area contributed by atoms with Crippen LogP contribution in [0.3, 0.4) is 0 Å². The van der Waals surface area contributed by atoms with E-state index in [1.807, 2.05) is 0 Å². The van der Waals surface area contributed by atoms with Crippen molar-refractivity contribution in [3.8, 4) is 0 Å². The number of aliphatic hydroxyl groups excluding tert-OH is 8. The summed E-state index contributed by atoms with van der Waals surface area (Å²) in [4.78, 5) is 47.2. The van der Waals surface area contributed by atoms with Gasteiger partial charge in [0.25, 0.3) is 0 Å². The van der Waals surface area contributed by atoms with Crippen LogP contribution in [0, 0.1) is 0 Å². The number of aliphatic hydroxyl groups is 8. The van der Waals surface area contributed by atoms with Crippen LogP contribution in [0.15, 0.2) is 0 Å². The fourth-order valence-corrected chi connectivity index (χ4v) is 5.82. The Bertz CT molecular complexity index is 1250. The van der Waals surface area contributed by atoms with Crippen LogP contribution in [-0.2, 0) is 61.8 Å². The van der Waals surface area contributed by atoms with Gasteiger partial charge < -0.3 is 123 Å². The quantitative estimate of drug-likeness (QED) is 0.0918. The van der Waals surface area contributed by atoms with E-state index < -0.39 is 147 Å². The number of carbonyl (C=O) groups excluding carboxylic acids is 4.